The molecule has 5 nitrogen and oxygen atoms in total. The Morgan fingerprint density at radius 1 is 0.585 bits per heavy atom. The molecule has 1 aliphatic heterocycles. The Labute approximate surface area is 398 Å². The summed E-state index contributed by atoms with van der Waals surface area (Å²) in [6.45, 7) is 26.9. The summed E-state index contributed by atoms with van der Waals surface area (Å²) in [5.41, 5.74) is 11.8. The Kier molecular flexibility index (Phi) is 11.6. The first-order valence-electron chi connectivity index (χ1n) is 22.2. The first kappa shape index (κ1) is 45.6. The zero-order valence-electron chi connectivity index (χ0n) is 39.5. The van der Waals surface area contributed by atoms with Crippen molar-refractivity contribution in [3.63, 3.8) is 0 Å². The van der Waals surface area contributed by atoms with Gasteiger partial charge in [0.25, 0.3) is 5.69 Å². The monoisotopic (exact) mass is 1040 g/mol. The van der Waals surface area contributed by atoms with Crippen molar-refractivity contribution in [1.29, 1.82) is 0 Å². The van der Waals surface area contributed by atoms with E-state index in [2.05, 4.69) is 177 Å². The van der Waals surface area contributed by atoms with Gasteiger partial charge in [-0.15, -0.1) is 23.6 Å². The van der Waals surface area contributed by atoms with Crippen LogP contribution in [0.3, 0.4) is 0 Å². The smallest absolute Gasteiger partial charge is 0.509 e. The molecule has 0 saturated carbocycles. The van der Waals surface area contributed by atoms with Gasteiger partial charge in [0.15, 0.2) is 0 Å². The van der Waals surface area contributed by atoms with Gasteiger partial charge in [0.2, 0.25) is 5.69 Å². The number of fused-ring (bicyclic) bond motifs is 4. The summed E-state index contributed by atoms with van der Waals surface area (Å²) < 4.78 is 27.9. The number of para-hydroxylation sites is 1. The van der Waals surface area contributed by atoms with E-state index in [0.717, 1.165) is 61.5 Å². The maximum atomic E-state index is 14.9. The van der Waals surface area contributed by atoms with Crippen molar-refractivity contribution in [2.75, 3.05) is 0 Å². The van der Waals surface area contributed by atoms with Crippen LogP contribution < -0.4 is 13.9 Å². The number of hydrogen-bond acceptors (Lipinski definition) is 2. The number of aromatic nitrogens is 2. The van der Waals surface area contributed by atoms with E-state index in [1.165, 1.54) is 28.3 Å². The molecule has 3 heterocycles. The molecule has 8 aromatic rings. The van der Waals surface area contributed by atoms with Crippen molar-refractivity contribution < 1.29 is 30.2 Å². The summed E-state index contributed by atoms with van der Waals surface area (Å²) in [4.78, 5) is 4.91. The molecule has 0 spiro atoms. The van der Waals surface area contributed by atoms with Crippen LogP contribution in [0.1, 0.15) is 105 Å². The molecule has 7 heteroatoms. The molecule has 330 valence electrons. The Balaban J connectivity index is 0.00000576. The third kappa shape index (κ3) is 8.80. The van der Waals surface area contributed by atoms with E-state index in [1.54, 1.807) is 12.1 Å². The minimum absolute atomic E-state index is 0. The molecular weight excluding hydrogens is 983 g/mol. The maximum Gasteiger partial charge on any atom is 2.00 e. The fourth-order valence-corrected chi connectivity index (χ4v) is 8.46. The largest absolute Gasteiger partial charge is 2.00 e. The van der Waals surface area contributed by atoms with E-state index < -0.39 is 0 Å². The van der Waals surface area contributed by atoms with E-state index in [0.29, 0.717) is 11.5 Å². The topological polar surface area (TPSA) is 33.1 Å². The van der Waals surface area contributed by atoms with E-state index in [-0.39, 0.29) is 48.5 Å². The van der Waals surface area contributed by atoms with Crippen molar-refractivity contribution in [1.82, 2.24) is 18.7 Å². The second kappa shape index (κ2) is 16.5. The van der Waals surface area contributed by atoms with Crippen LogP contribution >= 0.6 is 0 Å². The van der Waals surface area contributed by atoms with Crippen molar-refractivity contribution in [2.45, 2.75) is 105 Å². The van der Waals surface area contributed by atoms with Crippen LogP contribution in [-0.2, 0) is 42.7 Å². The van der Waals surface area contributed by atoms with E-state index in [1.807, 2.05) is 47.2 Å². The standard InChI is InChI=1S/C58H57FN4O.Pt/c1-55(2,3)38-22-25-50-49(32-38)48-24-23-46(35-52(48)63(50)53-33-39(26-27-60-53)56(4,5)6)64-45-19-14-18-43(34-45)61-36-62(44-30-40(57(7,8)9)29-41(31-44)58(10,11)12)54-47(20-15-21-51(54)61)37-16-13-17-42(59)28-37;/h13-33H,1-12H3;/q;+2. The van der Waals surface area contributed by atoms with Crippen molar-refractivity contribution in [3.8, 4) is 28.4 Å². The molecule has 0 aliphatic carbocycles. The average Bonchev–Trinajstić information content (AvgIpc) is 3.78. The SMILES string of the molecule is CC(C)(C)c1cc([N+]2=C=[N+](c3[c-]c(Oc4[c-]c5c(cc4)c4cc(C(C)(C)C)ccc4n5-c4cc(C(C)(C)C)ccn4)ccc3)c3cccc(-c4cccc(F)c4)c32)cc(C(C)(C)C)c1.[Pt+2]. The van der Waals surface area contributed by atoms with Gasteiger partial charge in [0.05, 0.1) is 5.56 Å². The molecule has 0 atom stereocenters. The van der Waals surface area contributed by atoms with Crippen molar-refractivity contribution in [3.05, 3.63) is 168 Å². The number of halogens is 1. The van der Waals surface area contributed by atoms with E-state index in [4.69, 9.17) is 9.72 Å². The van der Waals surface area contributed by atoms with Crippen LogP contribution in [-0.4, -0.2) is 15.6 Å². The average molecular weight is 1040 g/mol. The normalized spacial score (nSPS) is 13.1. The number of rotatable bonds is 6. The zero-order valence-corrected chi connectivity index (χ0v) is 41.8. The third-order valence-corrected chi connectivity index (χ3v) is 12.3. The Morgan fingerprint density at radius 2 is 1.23 bits per heavy atom. The van der Waals surface area contributed by atoms with Gasteiger partial charge in [-0.05, 0) is 95.8 Å². The molecule has 0 amide bonds. The second-order valence-corrected chi connectivity index (χ2v) is 21.3. The Morgan fingerprint density at radius 3 is 1.91 bits per heavy atom. The summed E-state index contributed by atoms with van der Waals surface area (Å²) in [7, 11) is 0. The summed E-state index contributed by atoms with van der Waals surface area (Å²) in [6, 6.07) is 51.8. The van der Waals surface area contributed by atoms with Gasteiger partial charge < -0.3 is 9.30 Å². The fraction of sp³-hybridized carbons (Fsp3) is 0.276. The van der Waals surface area contributed by atoms with Gasteiger partial charge in [0.1, 0.15) is 17.3 Å². The molecule has 1 aliphatic rings. The molecule has 0 saturated heterocycles. The quantitative estimate of drug-likeness (QED) is 0.123. The van der Waals surface area contributed by atoms with Crippen LogP contribution in [0.25, 0.3) is 38.8 Å². The molecule has 2 aromatic heterocycles. The number of nitrogens with zero attached hydrogens (tertiary/aromatic N) is 4. The molecule has 0 N–H and O–H groups in total. The summed E-state index contributed by atoms with van der Waals surface area (Å²) in [6.07, 6.45) is 1.90. The molecule has 9 rings (SSSR count). The molecule has 65 heavy (non-hydrogen) atoms. The Hall–Kier alpha value is -5.93. The van der Waals surface area contributed by atoms with Gasteiger partial charge >= 0.3 is 32.8 Å². The Bertz CT molecular complexity index is 3200. The zero-order chi connectivity index (χ0) is 45.5. The minimum Gasteiger partial charge on any atom is -0.509 e. The molecular formula is C58H57FN4OPt+2. The van der Waals surface area contributed by atoms with Gasteiger partial charge in [-0.1, -0.05) is 142 Å². The first-order valence-corrected chi connectivity index (χ1v) is 22.2. The third-order valence-electron chi connectivity index (χ3n) is 12.3. The summed E-state index contributed by atoms with van der Waals surface area (Å²) >= 11 is 0. The minimum atomic E-state index is -0.285. The van der Waals surface area contributed by atoms with Gasteiger partial charge in [-0.25, -0.2) is 9.37 Å². The molecule has 0 unspecified atom stereocenters. The fourth-order valence-electron chi connectivity index (χ4n) is 8.46. The first-order chi connectivity index (χ1) is 30.1. The summed E-state index contributed by atoms with van der Waals surface area (Å²) in [5, 5.41) is 2.22. The van der Waals surface area contributed by atoms with Crippen LogP contribution in [0.15, 0.2) is 128 Å². The van der Waals surface area contributed by atoms with Crippen molar-refractivity contribution in [2.24, 2.45) is 0 Å². The van der Waals surface area contributed by atoms with E-state index >= 15 is 0 Å². The van der Waals surface area contributed by atoms with Crippen LogP contribution in [0.4, 0.5) is 27.1 Å². The number of benzene rings is 6. The summed E-state index contributed by atoms with van der Waals surface area (Å²) in [5.74, 6) is 1.64. The molecule has 6 aromatic carbocycles. The molecule has 0 radical (unpaired) electrons. The second-order valence-electron chi connectivity index (χ2n) is 21.3. The van der Waals surface area contributed by atoms with Crippen LogP contribution in [0.2, 0.25) is 0 Å². The van der Waals surface area contributed by atoms with Crippen LogP contribution in [0.5, 0.6) is 11.5 Å². The van der Waals surface area contributed by atoms with Gasteiger partial charge in [0, 0.05) is 41.4 Å². The number of hydrogen-bond donors (Lipinski definition) is 0. The molecule has 0 fully saturated rings. The number of ether oxygens (including phenoxy) is 1. The van der Waals surface area contributed by atoms with Crippen LogP contribution in [0, 0.1) is 17.9 Å². The van der Waals surface area contributed by atoms with Crippen molar-refractivity contribution >= 4 is 50.6 Å². The maximum absolute atomic E-state index is 14.9. The van der Waals surface area contributed by atoms with Gasteiger partial charge in [-0.2, -0.15) is 12.1 Å². The van der Waals surface area contributed by atoms with Gasteiger partial charge in [-0.3, -0.25) is 0 Å². The predicted octanol–water partition coefficient (Wildman–Crippen LogP) is 15.4. The number of pyridine rings is 1. The molecule has 0 bridgehead atoms. The van der Waals surface area contributed by atoms with E-state index in [9.17, 15) is 4.39 Å². The predicted molar refractivity (Wildman–Crippen MR) is 264 cm³/mol.